The second kappa shape index (κ2) is 11.3. The zero-order valence-corrected chi connectivity index (χ0v) is 22.5. The van der Waals surface area contributed by atoms with Gasteiger partial charge >= 0.3 is 5.97 Å². The molecule has 2 saturated heterocycles. The summed E-state index contributed by atoms with van der Waals surface area (Å²) in [5.41, 5.74) is 4.33. The van der Waals surface area contributed by atoms with Crippen LogP contribution < -0.4 is 5.73 Å². The molecule has 2 fully saturated rings. The predicted octanol–water partition coefficient (Wildman–Crippen LogP) is 3.34. The van der Waals surface area contributed by atoms with E-state index >= 15 is 0 Å². The fourth-order valence-corrected chi connectivity index (χ4v) is 5.15. The molecule has 0 spiro atoms. The summed E-state index contributed by atoms with van der Waals surface area (Å²) >= 11 is 6.58. The van der Waals surface area contributed by atoms with E-state index in [-0.39, 0.29) is 29.4 Å². The number of carbonyl (C=O) groups excluding carboxylic acids is 2. The summed E-state index contributed by atoms with van der Waals surface area (Å²) in [7, 11) is 0. The zero-order chi connectivity index (χ0) is 26.8. The minimum atomic E-state index is -1.30. The van der Waals surface area contributed by atoms with Crippen LogP contribution >= 0.6 is 11.6 Å². The Bertz CT molecular complexity index is 977. The van der Waals surface area contributed by atoms with Gasteiger partial charge in [-0.1, -0.05) is 45.7 Å². The smallest absolute Gasteiger partial charge is 0.309 e. The lowest BCUT2D eigenvalue weighted by Crippen LogP contribution is -2.45. The Morgan fingerprint density at radius 1 is 1.28 bits per heavy atom. The molecular formula is C26H39ClN2O7. The number of halogens is 1. The first-order valence-corrected chi connectivity index (χ1v) is 13.0. The maximum atomic E-state index is 13.2. The number of hydrogen-bond donors (Lipinski definition) is 3. The van der Waals surface area contributed by atoms with Gasteiger partial charge in [0, 0.05) is 12.3 Å². The average Bonchev–Trinajstić information content (AvgIpc) is 3.23. The van der Waals surface area contributed by atoms with Crippen LogP contribution in [-0.2, 0) is 25.6 Å². The number of ketones is 1. The van der Waals surface area contributed by atoms with Crippen LogP contribution in [0.2, 0.25) is 0 Å². The minimum absolute atomic E-state index is 0.110. The van der Waals surface area contributed by atoms with Gasteiger partial charge in [0.2, 0.25) is 5.89 Å². The molecule has 202 valence electrons. The van der Waals surface area contributed by atoms with Crippen LogP contribution in [0, 0.1) is 17.3 Å². The Labute approximate surface area is 217 Å². The molecule has 3 rings (SSSR count). The number of nitrogens with two attached hydrogens (primary N) is 1. The zero-order valence-electron chi connectivity index (χ0n) is 21.7. The number of cyclic esters (lactones) is 1. The molecule has 1 aromatic rings. The van der Waals surface area contributed by atoms with Crippen molar-refractivity contribution in [3.63, 3.8) is 0 Å². The average molecular weight is 527 g/mol. The number of rotatable bonds is 3. The van der Waals surface area contributed by atoms with E-state index in [1.807, 2.05) is 13.8 Å². The predicted molar refractivity (Wildman–Crippen MR) is 134 cm³/mol. The topological polar surface area (TPSA) is 148 Å². The molecule has 0 unspecified atom stereocenters. The number of ether oxygens (including phenoxy) is 2. The van der Waals surface area contributed by atoms with Gasteiger partial charge in [0.15, 0.2) is 0 Å². The molecule has 9 nitrogen and oxygen atoms in total. The highest BCUT2D eigenvalue weighted by Gasteiger charge is 2.53. The van der Waals surface area contributed by atoms with Gasteiger partial charge < -0.3 is 29.8 Å². The van der Waals surface area contributed by atoms with Crippen molar-refractivity contribution in [3.8, 4) is 0 Å². The van der Waals surface area contributed by atoms with E-state index in [2.05, 4.69) is 4.98 Å². The minimum Gasteiger partial charge on any atom is -0.456 e. The molecular weight excluding hydrogens is 488 g/mol. The molecule has 0 aliphatic carbocycles. The van der Waals surface area contributed by atoms with Crippen molar-refractivity contribution in [2.45, 2.75) is 103 Å². The molecule has 4 N–H and O–H groups in total. The lowest BCUT2D eigenvalue weighted by molar-refractivity contribution is -0.154. The number of esters is 1. The number of carbonyl (C=O) groups is 2. The van der Waals surface area contributed by atoms with E-state index in [0.29, 0.717) is 18.0 Å². The fourth-order valence-electron chi connectivity index (χ4n) is 4.90. The number of hydrogen-bond acceptors (Lipinski definition) is 9. The molecule has 1 aromatic heterocycles. The summed E-state index contributed by atoms with van der Waals surface area (Å²) < 4.78 is 16.9. The monoisotopic (exact) mass is 526 g/mol. The van der Waals surface area contributed by atoms with Gasteiger partial charge in [0.25, 0.3) is 0 Å². The number of Topliss-reactive ketones (excluding diaryl/α,β-unsaturated/α-hetero) is 1. The molecule has 0 bridgehead atoms. The number of fused-ring (bicyclic) bond motifs is 1. The fraction of sp³-hybridized carbons (Fsp3) is 0.731. The Morgan fingerprint density at radius 2 is 1.97 bits per heavy atom. The molecule has 0 amide bonds. The molecule has 0 radical (unpaired) electrons. The Balaban J connectivity index is 1.85. The van der Waals surface area contributed by atoms with Crippen LogP contribution in [0.1, 0.15) is 78.3 Å². The van der Waals surface area contributed by atoms with E-state index in [0.717, 1.165) is 19.3 Å². The summed E-state index contributed by atoms with van der Waals surface area (Å²) in [6.07, 6.45) is 2.01. The van der Waals surface area contributed by atoms with Crippen molar-refractivity contribution in [1.29, 1.82) is 0 Å². The molecule has 7 atom stereocenters. The van der Waals surface area contributed by atoms with E-state index in [1.165, 1.54) is 6.26 Å². The number of aromatic nitrogens is 1. The van der Waals surface area contributed by atoms with Crippen LogP contribution in [0.5, 0.6) is 0 Å². The molecule has 3 heterocycles. The van der Waals surface area contributed by atoms with Crippen molar-refractivity contribution in [1.82, 2.24) is 4.98 Å². The van der Waals surface area contributed by atoms with Gasteiger partial charge in [-0.3, -0.25) is 9.59 Å². The number of nitrogens with zero attached hydrogens (tertiary/aromatic N) is 1. The van der Waals surface area contributed by atoms with Crippen molar-refractivity contribution in [2.24, 2.45) is 23.0 Å². The Hall–Kier alpha value is -1.78. The van der Waals surface area contributed by atoms with Crippen LogP contribution in [-0.4, -0.2) is 57.0 Å². The maximum absolute atomic E-state index is 13.2. The van der Waals surface area contributed by atoms with Crippen molar-refractivity contribution >= 4 is 29.4 Å². The van der Waals surface area contributed by atoms with E-state index in [9.17, 15) is 19.8 Å². The van der Waals surface area contributed by atoms with Crippen molar-refractivity contribution < 1.29 is 33.7 Å². The number of oxazole rings is 1. The SMILES string of the molecule is C[C@H]1CCC[C@@]2(C)O[C@H]2C[C@@H](/C(Cl)=C/c2coc(CN)n2)OC(=O)C[C@H](O)C(C)(C)C(=O)[C@H](C)[C@H]1O. The van der Waals surface area contributed by atoms with Gasteiger partial charge in [-0.05, 0) is 31.8 Å². The summed E-state index contributed by atoms with van der Waals surface area (Å²) in [6, 6.07) is 0. The Morgan fingerprint density at radius 3 is 2.61 bits per heavy atom. The largest absolute Gasteiger partial charge is 0.456 e. The first kappa shape index (κ1) is 28.8. The first-order chi connectivity index (χ1) is 16.8. The van der Waals surface area contributed by atoms with Crippen LogP contribution in [0.3, 0.4) is 0 Å². The second-order valence-corrected chi connectivity index (χ2v) is 11.4. The standard InChI is InChI=1S/C26H39ClN2O7/c1-14-7-6-8-26(5)20(36-26)10-18(17(27)9-16-13-34-21(12-28)29-16)35-22(31)11-19(30)25(3,4)24(33)15(2)23(14)32/h9,13-15,18-20,23,30,32H,6-8,10-12,28H2,1-5H3/b17-9-/t14-,15+,18-,19-,20-,23-,26+/m0/s1. The highest BCUT2D eigenvalue weighted by atomic mass is 35.5. The number of epoxide rings is 1. The third-order valence-corrected chi connectivity index (χ3v) is 8.10. The summed E-state index contributed by atoms with van der Waals surface area (Å²) in [5.74, 6) is -1.45. The van der Waals surface area contributed by atoms with Gasteiger partial charge in [0.1, 0.15) is 23.8 Å². The molecule has 0 saturated carbocycles. The number of aliphatic hydroxyl groups excluding tert-OH is 2. The second-order valence-electron chi connectivity index (χ2n) is 11.0. The summed E-state index contributed by atoms with van der Waals surface area (Å²) in [6.45, 7) is 8.89. The lowest BCUT2D eigenvalue weighted by atomic mass is 9.73. The van der Waals surface area contributed by atoms with Gasteiger partial charge in [-0.25, -0.2) is 4.98 Å². The van der Waals surface area contributed by atoms with Crippen molar-refractivity contribution in [2.75, 3.05) is 0 Å². The quantitative estimate of drug-likeness (QED) is 0.398. The van der Waals surface area contributed by atoms with Gasteiger partial charge in [0.05, 0.1) is 47.3 Å². The third kappa shape index (κ3) is 6.55. The van der Waals surface area contributed by atoms with E-state index in [1.54, 1.807) is 26.8 Å². The third-order valence-electron chi connectivity index (χ3n) is 7.74. The van der Waals surface area contributed by atoms with Gasteiger partial charge in [-0.15, -0.1) is 0 Å². The normalized spacial score (nSPS) is 36.8. The number of aliphatic hydroxyl groups is 2. The highest BCUT2D eigenvalue weighted by molar-refractivity contribution is 6.32. The maximum Gasteiger partial charge on any atom is 0.309 e. The summed E-state index contributed by atoms with van der Waals surface area (Å²) in [5, 5.41) is 21.9. The molecule has 0 aromatic carbocycles. The Kier molecular flexibility index (Phi) is 9.04. The highest BCUT2D eigenvalue weighted by Crippen LogP contribution is 2.45. The van der Waals surface area contributed by atoms with Crippen LogP contribution in [0.4, 0.5) is 0 Å². The molecule has 2 aliphatic rings. The van der Waals surface area contributed by atoms with Gasteiger partial charge in [-0.2, -0.15) is 0 Å². The molecule has 36 heavy (non-hydrogen) atoms. The molecule has 2 aliphatic heterocycles. The first-order valence-electron chi connectivity index (χ1n) is 12.6. The van der Waals surface area contributed by atoms with Crippen LogP contribution in [0.15, 0.2) is 15.7 Å². The van der Waals surface area contributed by atoms with E-state index < -0.39 is 47.6 Å². The lowest BCUT2D eigenvalue weighted by Gasteiger charge is -2.34. The van der Waals surface area contributed by atoms with Crippen LogP contribution in [0.25, 0.3) is 6.08 Å². The molecule has 10 heteroatoms. The van der Waals surface area contributed by atoms with Crippen molar-refractivity contribution in [3.05, 3.63) is 22.9 Å². The van der Waals surface area contributed by atoms with E-state index in [4.69, 9.17) is 31.2 Å². The summed E-state index contributed by atoms with van der Waals surface area (Å²) in [4.78, 5) is 30.3.